The van der Waals surface area contributed by atoms with Crippen LogP contribution in [0.3, 0.4) is 0 Å². The highest BCUT2D eigenvalue weighted by atomic mass is 19.1. The molecule has 0 aliphatic carbocycles. The molecule has 0 heterocycles. The van der Waals surface area contributed by atoms with Gasteiger partial charge in [-0.2, -0.15) is 0 Å². The molecule has 2 atom stereocenters. The van der Waals surface area contributed by atoms with Crippen LogP contribution in [0.25, 0.3) is 0 Å². The van der Waals surface area contributed by atoms with Gasteiger partial charge in [-0.15, -0.1) is 0 Å². The maximum Gasteiger partial charge on any atom is 0.408 e. The van der Waals surface area contributed by atoms with Crippen LogP contribution >= 0.6 is 0 Å². The van der Waals surface area contributed by atoms with Crippen molar-refractivity contribution in [1.82, 2.24) is 41.7 Å². The van der Waals surface area contributed by atoms with Crippen molar-refractivity contribution in [3.05, 3.63) is 178 Å². The van der Waals surface area contributed by atoms with Crippen LogP contribution < -0.4 is 31.9 Å². The molecule has 90 heavy (non-hydrogen) atoms. The lowest BCUT2D eigenvalue weighted by Crippen LogP contribution is -2.47. The van der Waals surface area contributed by atoms with Gasteiger partial charge in [0, 0.05) is 37.3 Å². The van der Waals surface area contributed by atoms with Gasteiger partial charge in [-0.3, -0.25) is 28.8 Å². The van der Waals surface area contributed by atoms with Crippen LogP contribution in [0.15, 0.2) is 133 Å². The molecule has 5 aromatic carbocycles. The summed E-state index contributed by atoms with van der Waals surface area (Å²) in [5.41, 5.74) is 2.66. The molecule has 0 radical (unpaired) electrons. The number of nitrogens with one attached hydrogen (secondary N) is 6. The monoisotopic (exact) mass is 1250 g/mol. The van der Waals surface area contributed by atoms with E-state index in [0.717, 1.165) is 32.1 Å². The summed E-state index contributed by atoms with van der Waals surface area (Å²) in [5, 5.41) is 16.0. The van der Waals surface area contributed by atoms with Gasteiger partial charge in [0.25, 0.3) is 11.8 Å². The molecule has 0 unspecified atom stereocenters. The maximum absolute atomic E-state index is 14.5. The normalized spacial score (nSPS) is 11.5. The SMILES string of the molecule is CC(C)OC(=O)[C@H](CCCCNC(=O)CN(CC(=O)NCCc1ccc(F)cc1)C(=O)c1cccc(C(=O)N(CC(=O)NCCCC[C@H](NC(=O)OCc2ccccc2)C(=O)OC(C)C)CC(=O)NCCc2ccc(F)cc2)c1)NC(=O)OCc1ccccc1. The Labute approximate surface area is 522 Å². The second-order valence-electron chi connectivity index (χ2n) is 21.5. The van der Waals surface area contributed by atoms with E-state index in [4.69, 9.17) is 18.9 Å². The lowest BCUT2D eigenvalue weighted by molar-refractivity contribution is -0.151. The molecule has 24 heteroatoms. The Kier molecular flexibility index (Phi) is 30.4. The number of ether oxygens (including phenoxy) is 4. The third kappa shape index (κ3) is 27.5. The fraction of sp³-hybridized carbons (Fsp3) is 0.394. The van der Waals surface area contributed by atoms with Crippen molar-refractivity contribution < 1.29 is 75.7 Å². The third-order valence-corrected chi connectivity index (χ3v) is 13.3. The molecule has 22 nitrogen and oxygen atoms in total. The number of benzene rings is 5. The molecule has 0 aliphatic rings. The minimum absolute atomic E-state index is 0.0289. The molecule has 6 N–H and O–H groups in total. The number of hydrogen-bond acceptors (Lipinski definition) is 14. The van der Waals surface area contributed by atoms with E-state index >= 15 is 0 Å². The van der Waals surface area contributed by atoms with E-state index in [1.165, 1.54) is 48.5 Å². The highest BCUT2D eigenvalue weighted by molar-refractivity contribution is 6.03. The molecular weight excluding hydrogens is 1170 g/mol. The molecule has 0 aromatic heterocycles. The Morgan fingerprint density at radius 1 is 0.411 bits per heavy atom. The van der Waals surface area contributed by atoms with Gasteiger partial charge in [0.15, 0.2) is 0 Å². The zero-order chi connectivity index (χ0) is 65.2. The first-order valence-electron chi connectivity index (χ1n) is 29.8. The largest absolute Gasteiger partial charge is 0.461 e. The van der Waals surface area contributed by atoms with Crippen LogP contribution in [-0.2, 0) is 73.8 Å². The summed E-state index contributed by atoms with van der Waals surface area (Å²) < 4.78 is 48.5. The van der Waals surface area contributed by atoms with Crippen molar-refractivity contribution in [2.45, 2.75) is 117 Å². The molecule has 0 bridgehead atoms. The van der Waals surface area contributed by atoms with Crippen LogP contribution in [-0.4, -0.2) is 146 Å². The summed E-state index contributed by atoms with van der Waals surface area (Å²) >= 11 is 0. The lowest BCUT2D eigenvalue weighted by atomic mass is 10.1. The van der Waals surface area contributed by atoms with E-state index in [1.54, 1.807) is 100 Å². The summed E-state index contributed by atoms with van der Waals surface area (Å²) in [6.07, 6.45) is -0.454. The average Bonchev–Trinajstić information content (AvgIpc) is 1.12. The summed E-state index contributed by atoms with van der Waals surface area (Å²) in [4.78, 5) is 136. The fourth-order valence-electron chi connectivity index (χ4n) is 8.80. The van der Waals surface area contributed by atoms with E-state index < -0.39 is 122 Å². The molecule has 5 rings (SSSR count). The van der Waals surface area contributed by atoms with Crippen molar-refractivity contribution in [3.63, 3.8) is 0 Å². The van der Waals surface area contributed by atoms with Crippen molar-refractivity contribution >= 4 is 59.6 Å². The zero-order valence-electron chi connectivity index (χ0n) is 51.1. The number of rotatable bonds is 36. The average molecular weight is 1250 g/mol. The van der Waals surface area contributed by atoms with Crippen molar-refractivity contribution in [2.75, 3.05) is 52.4 Å². The van der Waals surface area contributed by atoms with E-state index in [2.05, 4.69) is 31.9 Å². The van der Waals surface area contributed by atoms with E-state index in [0.29, 0.717) is 38.5 Å². The third-order valence-electron chi connectivity index (χ3n) is 13.3. The molecule has 0 saturated carbocycles. The summed E-state index contributed by atoms with van der Waals surface area (Å²) in [6, 6.07) is 32.5. The number of alkyl carbamates (subject to hydrolysis) is 2. The van der Waals surface area contributed by atoms with Crippen molar-refractivity contribution in [1.29, 1.82) is 0 Å². The number of hydrogen-bond donors (Lipinski definition) is 6. The topological polar surface area (TPSA) is 286 Å². The molecule has 0 aliphatic heterocycles. The standard InChI is InChI=1S/C66H80F2N8O14/c1-45(2)89-63(83)55(73-65(85)87-43-49-16-7-5-8-17-49)22-11-13-34-69-57(77)39-75(41-59(79)71-36-32-47-24-28-53(67)29-25-47)61(81)51-20-15-21-52(38-51)62(82)76(42-60(80)72-37-33-48-26-30-54(68)31-27-48)40-58(78)70-35-14-12-23-56(64(84)90-46(3)4)74-66(86)88-44-50-18-9-6-10-19-50/h5-10,15-21,24-31,38,45-46,55-56H,11-14,22-23,32-37,39-44H2,1-4H3,(H,69,77)(H,70,78)(H,71,79)(H,72,80)(H,73,85)(H,74,86)/t55-,56-/m0/s1. The van der Waals surface area contributed by atoms with Gasteiger partial charge in [-0.05, 0) is 144 Å². The van der Waals surface area contributed by atoms with Crippen LogP contribution in [0.5, 0.6) is 0 Å². The fourth-order valence-corrected chi connectivity index (χ4v) is 8.80. The van der Waals surface area contributed by atoms with Gasteiger partial charge >= 0.3 is 24.1 Å². The quantitative estimate of drug-likeness (QED) is 0.0139. The Morgan fingerprint density at radius 3 is 1.10 bits per heavy atom. The van der Waals surface area contributed by atoms with Gasteiger partial charge < -0.3 is 60.6 Å². The van der Waals surface area contributed by atoms with Crippen LogP contribution in [0, 0.1) is 11.6 Å². The molecule has 482 valence electrons. The number of nitrogens with zero attached hydrogens (tertiary/aromatic N) is 2. The molecule has 0 fully saturated rings. The molecule has 8 amide bonds. The number of carbonyl (C=O) groups excluding carboxylic acids is 10. The number of carbonyl (C=O) groups is 10. The number of unbranched alkanes of at least 4 members (excludes halogenated alkanes) is 2. The Balaban J connectivity index is 1.25. The highest BCUT2D eigenvalue weighted by Gasteiger charge is 2.28. The van der Waals surface area contributed by atoms with E-state index in [-0.39, 0.29) is 63.4 Å². The Morgan fingerprint density at radius 2 is 0.756 bits per heavy atom. The first-order chi connectivity index (χ1) is 43.2. The number of amides is 8. The number of esters is 2. The van der Waals surface area contributed by atoms with Crippen molar-refractivity contribution in [2.24, 2.45) is 0 Å². The van der Waals surface area contributed by atoms with Crippen LogP contribution in [0.1, 0.15) is 109 Å². The van der Waals surface area contributed by atoms with E-state index in [1.807, 2.05) is 12.1 Å². The van der Waals surface area contributed by atoms with E-state index in [9.17, 15) is 56.7 Å². The summed E-state index contributed by atoms with van der Waals surface area (Å²) in [5.74, 6) is -6.52. The first-order valence-corrected chi connectivity index (χ1v) is 29.8. The second-order valence-corrected chi connectivity index (χ2v) is 21.5. The summed E-state index contributed by atoms with van der Waals surface area (Å²) in [7, 11) is 0. The number of halogens is 2. The van der Waals surface area contributed by atoms with Gasteiger partial charge in [0.2, 0.25) is 23.6 Å². The minimum atomic E-state index is -1.06. The zero-order valence-corrected chi connectivity index (χ0v) is 51.1. The molecule has 0 spiro atoms. The van der Waals surface area contributed by atoms with Crippen LogP contribution in [0.4, 0.5) is 18.4 Å². The molecule has 0 saturated heterocycles. The smallest absolute Gasteiger partial charge is 0.408 e. The van der Waals surface area contributed by atoms with Gasteiger partial charge in [-0.1, -0.05) is 91.0 Å². The van der Waals surface area contributed by atoms with Gasteiger partial charge in [0.1, 0.15) is 63.1 Å². The first kappa shape index (κ1) is 71.0. The second kappa shape index (κ2) is 38.5. The van der Waals surface area contributed by atoms with Gasteiger partial charge in [0.05, 0.1) is 12.2 Å². The minimum Gasteiger partial charge on any atom is -0.461 e. The summed E-state index contributed by atoms with van der Waals surface area (Å²) in [6.45, 7) is 4.41. The van der Waals surface area contributed by atoms with Crippen LogP contribution in [0.2, 0.25) is 0 Å². The maximum atomic E-state index is 14.5. The predicted molar refractivity (Wildman–Crippen MR) is 328 cm³/mol. The van der Waals surface area contributed by atoms with Crippen molar-refractivity contribution in [3.8, 4) is 0 Å². The molecule has 5 aromatic rings. The van der Waals surface area contributed by atoms with Gasteiger partial charge in [-0.25, -0.2) is 28.0 Å². The lowest BCUT2D eigenvalue weighted by Gasteiger charge is -2.24. The highest BCUT2D eigenvalue weighted by Crippen LogP contribution is 2.15. The Bertz CT molecular complexity index is 2930. The molecular formula is C66H80F2N8O14. The predicted octanol–water partition coefficient (Wildman–Crippen LogP) is 6.63. The Hall–Kier alpha value is -9.74.